The van der Waals surface area contributed by atoms with Gasteiger partial charge in [-0.1, -0.05) is 31.7 Å². The first-order valence-corrected chi connectivity index (χ1v) is 13.4. The largest absolute Gasteiger partial charge is 0.494 e. The van der Waals surface area contributed by atoms with E-state index in [2.05, 4.69) is 5.10 Å². The molecule has 200 valence electrons. The van der Waals surface area contributed by atoms with E-state index in [9.17, 15) is 8.78 Å². The molecule has 5 rings (SSSR count). The van der Waals surface area contributed by atoms with E-state index in [0.717, 1.165) is 33.5 Å². The van der Waals surface area contributed by atoms with Crippen molar-refractivity contribution in [3.05, 3.63) is 114 Å². The molecular formula is C30H28F2N4O2S. The van der Waals surface area contributed by atoms with Crippen LogP contribution in [0.4, 0.5) is 8.78 Å². The van der Waals surface area contributed by atoms with Crippen molar-refractivity contribution in [1.82, 2.24) is 19.3 Å². The SMILES string of the molecule is COc1cc(C(C)(C)c2cnc(SCCOc3ccc(-n4cccn4)cc3)n2-c2ccc(F)cc2)ccc1F. The summed E-state index contributed by atoms with van der Waals surface area (Å²) in [5.74, 6) is 0.849. The number of benzene rings is 3. The third-order valence-corrected chi connectivity index (χ3v) is 7.43. The summed E-state index contributed by atoms with van der Waals surface area (Å²) >= 11 is 1.54. The summed E-state index contributed by atoms with van der Waals surface area (Å²) in [5.41, 5.74) is 2.91. The molecule has 0 fully saturated rings. The lowest BCUT2D eigenvalue weighted by Gasteiger charge is -2.28. The maximum Gasteiger partial charge on any atom is 0.172 e. The predicted molar refractivity (Wildman–Crippen MR) is 148 cm³/mol. The molecule has 39 heavy (non-hydrogen) atoms. The summed E-state index contributed by atoms with van der Waals surface area (Å²) in [4.78, 5) is 4.71. The molecule has 0 saturated carbocycles. The van der Waals surface area contributed by atoms with Crippen molar-refractivity contribution < 1.29 is 18.3 Å². The molecule has 0 bridgehead atoms. The standard InChI is InChI=1S/C30H28F2N4O2S/c1-30(2,21-5-14-26(32)27(19-21)37-3)28-20-33-29(36(28)24-8-6-22(31)7-9-24)39-18-17-38-25-12-10-23(11-13-25)35-16-4-15-34-35/h4-16,19-20H,17-18H2,1-3H3. The highest BCUT2D eigenvalue weighted by Crippen LogP contribution is 2.37. The van der Waals surface area contributed by atoms with Gasteiger partial charge in [-0.3, -0.25) is 4.57 Å². The Bertz CT molecular complexity index is 1530. The van der Waals surface area contributed by atoms with E-state index in [4.69, 9.17) is 14.5 Å². The molecule has 0 radical (unpaired) electrons. The molecule has 0 aliphatic rings. The number of aromatic nitrogens is 4. The van der Waals surface area contributed by atoms with Crippen molar-refractivity contribution in [3.8, 4) is 22.9 Å². The average molecular weight is 547 g/mol. The lowest BCUT2D eigenvalue weighted by atomic mass is 9.81. The smallest absolute Gasteiger partial charge is 0.172 e. The molecular weight excluding hydrogens is 518 g/mol. The van der Waals surface area contributed by atoms with Gasteiger partial charge in [0.2, 0.25) is 0 Å². The number of ether oxygens (including phenoxy) is 2. The summed E-state index contributed by atoms with van der Waals surface area (Å²) in [6.07, 6.45) is 5.44. The lowest BCUT2D eigenvalue weighted by molar-refractivity contribution is 0.344. The van der Waals surface area contributed by atoms with Crippen molar-refractivity contribution in [2.45, 2.75) is 24.4 Å². The molecule has 5 aromatic rings. The van der Waals surface area contributed by atoms with Gasteiger partial charge in [0.15, 0.2) is 16.7 Å². The second kappa shape index (κ2) is 11.3. The first-order valence-electron chi connectivity index (χ1n) is 12.4. The van der Waals surface area contributed by atoms with Crippen LogP contribution >= 0.6 is 11.8 Å². The van der Waals surface area contributed by atoms with Gasteiger partial charge in [0.05, 0.1) is 31.3 Å². The van der Waals surface area contributed by atoms with Crippen LogP contribution < -0.4 is 9.47 Å². The van der Waals surface area contributed by atoms with Crippen LogP contribution in [0.5, 0.6) is 11.5 Å². The Morgan fingerprint density at radius 2 is 1.69 bits per heavy atom. The molecule has 0 aliphatic heterocycles. The predicted octanol–water partition coefficient (Wildman–Crippen LogP) is 6.84. The van der Waals surface area contributed by atoms with Crippen molar-refractivity contribution in [2.75, 3.05) is 19.5 Å². The summed E-state index contributed by atoms with van der Waals surface area (Å²) < 4.78 is 42.9. The van der Waals surface area contributed by atoms with Gasteiger partial charge >= 0.3 is 0 Å². The molecule has 2 aromatic heterocycles. The zero-order chi connectivity index (χ0) is 27.4. The molecule has 0 spiro atoms. The van der Waals surface area contributed by atoms with Gasteiger partial charge in [0.25, 0.3) is 0 Å². The molecule has 0 amide bonds. The van der Waals surface area contributed by atoms with Gasteiger partial charge < -0.3 is 9.47 Å². The van der Waals surface area contributed by atoms with Crippen molar-refractivity contribution in [2.24, 2.45) is 0 Å². The average Bonchev–Trinajstić information content (AvgIpc) is 3.63. The van der Waals surface area contributed by atoms with E-state index in [-0.39, 0.29) is 11.6 Å². The van der Waals surface area contributed by atoms with Crippen LogP contribution in [-0.4, -0.2) is 38.8 Å². The zero-order valence-electron chi connectivity index (χ0n) is 21.8. The second-order valence-corrected chi connectivity index (χ2v) is 10.4. The second-order valence-electron chi connectivity index (χ2n) is 9.35. The van der Waals surface area contributed by atoms with E-state index >= 15 is 0 Å². The van der Waals surface area contributed by atoms with E-state index in [1.54, 1.807) is 46.9 Å². The van der Waals surface area contributed by atoms with Crippen LogP contribution in [0.3, 0.4) is 0 Å². The van der Waals surface area contributed by atoms with E-state index < -0.39 is 11.2 Å². The van der Waals surface area contributed by atoms with Crippen LogP contribution in [0.2, 0.25) is 0 Å². The number of hydrogen-bond acceptors (Lipinski definition) is 5. The normalized spacial score (nSPS) is 11.5. The van der Waals surface area contributed by atoms with Crippen LogP contribution in [0.15, 0.2) is 96.5 Å². The number of halogens is 2. The number of thioether (sulfide) groups is 1. The summed E-state index contributed by atoms with van der Waals surface area (Å²) in [7, 11) is 1.45. The Kier molecular flexibility index (Phi) is 7.70. The van der Waals surface area contributed by atoms with Gasteiger partial charge in [-0.05, 0) is 72.3 Å². The van der Waals surface area contributed by atoms with Crippen molar-refractivity contribution in [3.63, 3.8) is 0 Å². The third kappa shape index (κ3) is 5.68. The van der Waals surface area contributed by atoms with Gasteiger partial charge in [0, 0.05) is 29.2 Å². The monoisotopic (exact) mass is 546 g/mol. The van der Waals surface area contributed by atoms with E-state index in [1.165, 1.54) is 25.3 Å². The molecule has 2 heterocycles. The molecule has 0 saturated heterocycles. The fourth-order valence-electron chi connectivity index (χ4n) is 4.32. The first kappa shape index (κ1) is 26.5. The minimum Gasteiger partial charge on any atom is -0.494 e. The van der Waals surface area contributed by atoms with Crippen LogP contribution in [-0.2, 0) is 5.41 Å². The number of hydrogen-bond donors (Lipinski definition) is 0. The Morgan fingerprint density at radius 3 is 2.38 bits per heavy atom. The Morgan fingerprint density at radius 1 is 0.949 bits per heavy atom. The van der Waals surface area contributed by atoms with E-state index in [0.29, 0.717) is 12.4 Å². The minimum atomic E-state index is -0.562. The van der Waals surface area contributed by atoms with Crippen molar-refractivity contribution in [1.29, 1.82) is 0 Å². The fraction of sp³-hybridized carbons (Fsp3) is 0.200. The molecule has 9 heteroatoms. The number of rotatable bonds is 10. The maximum atomic E-state index is 14.1. The third-order valence-electron chi connectivity index (χ3n) is 6.52. The van der Waals surface area contributed by atoms with Gasteiger partial charge in [0.1, 0.15) is 11.6 Å². The summed E-state index contributed by atoms with van der Waals surface area (Å²) in [6.45, 7) is 4.55. The highest BCUT2D eigenvalue weighted by Gasteiger charge is 2.30. The molecule has 3 aromatic carbocycles. The molecule has 0 aliphatic carbocycles. The summed E-state index contributed by atoms with van der Waals surface area (Å²) in [5, 5.41) is 4.98. The molecule has 0 unspecified atom stereocenters. The van der Waals surface area contributed by atoms with Gasteiger partial charge in [-0.15, -0.1) is 0 Å². The fourth-order valence-corrected chi connectivity index (χ4v) is 5.13. The quantitative estimate of drug-likeness (QED) is 0.142. The topological polar surface area (TPSA) is 54.1 Å². The lowest BCUT2D eigenvalue weighted by Crippen LogP contribution is -2.23. The highest BCUT2D eigenvalue weighted by molar-refractivity contribution is 7.99. The van der Waals surface area contributed by atoms with Crippen LogP contribution in [0, 0.1) is 11.6 Å². The molecule has 0 N–H and O–H groups in total. The summed E-state index contributed by atoms with van der Waals surface area (Å²) in [6, 6.07) is 20.8. The Labute approximate surface area is 230 Å². The van der Waals surface area contributed by atoms with Crippen LogP contribution in [0.1, 0.15) is 25.1 Å². The number of nitrogens with zero attached hydrogens (tertiary/aromatic N) is 4. The Balaban J connectivity index is 1.36. The zero-order valence-corrected chi connectivity index (χ0v) is 22.7. The Hall–Kier alpha value is -4.11. The number of imidazole rings is 1. The van der Waals surface area contributed by atoms with Crippen molar-refractivity contribution >= 4 is 11.8 Å². The maximum absolute atomic E-state index is 14.1. The van der Waals surface area contributed by atoms with Gasteiger partial charge in [-0.2, -0.15) is 5.10 Å². The first-order chi connectivity index (χ1) is 18.9. The molecule has 6 nitrogen and oxygen atoms in total. The highest BCUT2D eigenvalue weighted by atomic mass is 32.2. The minimum absolute atomic E-state index is 0.179. The van der Waals surface area contributed by atoms with E-state index in [1.807, 2.05) is 61.1 Å². The van der Waals surface area contributed by atoms with Crippen LogP contribution in [0.25, 0.3) is 11.4 Å². The molecule has 0 atom stereocenters. The van der Waals surface area contributed by atoms with Gasteiger partial charge in [-0.25, -0.2) is 18.4 Å². The number of methoxy groups -OCH3 is 1.